The number of nitrogens with one attached hydrogen (secondary N) is 2. The highest BCUT2D eigenvalue weighted by Gasteiger charge is 2.17. The molecule has 0 bridgehead atoms. The van der Waals surface area contributed by atoms with Crippen molar-refractivity contribution < 1.29 is 4.79 Å². The van der Waals surface area contributed by atoms with E-state index in [2.05, 4.69) is 24.5 Å². The maximum atomic E-state index is 11.9. The maximum absolute atomic E-state index is 11.9. The minimum absolute atomic E-state index is 0.0209. The van der Waals surface area contributed by atoms with Crippen LogP contribution >= 0.6 is 11.6 Å². The third kappa shape index (κ3) is 5.21. The Morgan fingerprint density at radius 1 is 1.21 bits per heavy atom. The molecule has 0 fully saturated rings. The monoisotopic (exact) mass is 282 g/mol. The third-order valence-corrected chi connectivity index (χ3v) is 3.29. The second-order valence-corrected chi connectivity index (χ2v) is 5.68. The molecule has 2 N–H and O–H groups in total. The molecule has 2 atom stereocenters. The van der Waals surface area contributed by atoms with E-state index in [-0.39, 0.29) is 18.0 Å². The van der Waals surface area contributed by atoms with E-state index in [1.165, 1.54) is 0 Å². The van der Waals surface area contributed by atoms with Crippen molar-refractivity contribution in [2.45, 2.75) is 39.8 Å². The van der Waals surface area contributed by atoms with Crippen LogP contribution in [0.25, 0.3) is 0 Å². The molecule has 0 aliphatic rings. The summed E-state index contributed by atoms with van der Waals surface area (Å²) in [5.74, 6) is 0.477. The van der Waals surface area contributed by atoms with Crippen molar-refractivity contribution in [3.63, 3.8) is 0 Å². The first-order valence-corrected chi connectivity index (χ1v) is 7.07. The lowest BCUT2D eigenvalue weighted by Crippen LogP contribution is -2.44. The molecule has 1 aromatic carbocycles. The fraction of sp³-hybridized carbons (Fsp3) is 0.533. The molecule has 1 rings (SSSR count). The lowest BCUT2D eigenvalue weighted by molar-refractivity contribution is -0.123. The number of carbonyl (C=O) groups excluding carboxylic acids is 1. The highest BCUT2D eigenvalue weighted by molar-refractivity contribution is 6.31. The van der Waals surface area contributed by atoms with Crippen LogP contribution in [0.15, 0.2) is 24.3 Å². The van der Waals surface area contributed by atoms with Gasteiger partial charge in [0.1, 0.15) is 0 Å². The SMILES string of the molecule is CC(C)CNC(=O)C(C)NC(C)c1ccccc1Cl. The van der Waals surface area contributed by atoms with Gasteiger partial charge in [-0.1, -0.05) is 43.6 Å². The van der Waals surface area contributed by atoms with Gasteiger partial charge in [0.2, 0.25) is 5.91 Å². The van der Waals surface area contributed by atoms with Crippen LogP contribution in [0.1, 0.15) is 39.3 Å². The molecular formula is C15H23ClN2O. The van der Waals surface area contributed by atoms with Gasteiger partial charge in [-0.3, -0.25) is 10.1 Å². The molecule has 0 heterocycles. The van der Waals surface area contributed by atoms with Gasteiger partial charge in [0, 0.05) is 17.6 Å². The summed E-state index contributed by atoms with van der Waals surface area (Å²) in [4.78, 5) is 11.9. The first kappa shape index (κ1) is 16.0. The molecule has 0 saturated heterocycles. The first-order chi connectivity index (χ1) is 8.91. The van der Waals surface area contributed by atoms with Gasteiger partial charge >= 0.3 is 0 Å². The molecule has 0 spiro atoms. The van der Waals surface area contributed by atoms with E-state index in [9.17, 15) is 4.79 Å². The van der Waals surface area contributed by atoms with E-state index in [4.69, 9.17) is 11.6 Å². The van der Waals surface area contributed by atoms with Crippen LogP contribution in [0.3, 0.4) is 0 Å². The summed E-state index contributed by atoms with van der Waals surface area (Å²) < 4.78 is 0. The Kier molecular flexibility index (Phi) is 6.32. The molecule has 4 heteroatoms. The summed E-state index contributed by atoms with van der Waals surface area (Å²) in [5.41, 5.74) is 1.01. The summed E-state index contributed by atoms with van der Waals surface area (Å²) in [6.07, 6.45) is 0. The maximum Gasteiger partial charge on any atom is 0.236 e. The molecule has 1 amide bonds. The van der Waals surface area contributed by atoms with Gasteiger partial charge in [-0.05, 0) is 31.4 Å². The van der Waals surface area contributed by atoms with Gasteiger partial charge < -0.3 is 5.32 Å². The average molecular weight is 283 g/mol. The Bertz CT molecular complexity index is 420. The number of amides is 1. The first-order valence-electron chi connectivity index (χ1n) is 6.70. The summed E-state index contributed by atoms with van der Waals surface area (Å²) in [6.45, 7) is 8.72. The van der Waals surface area contributed by atoms with Crippen molar-refractivity contribution >= 4 is 17.5 Å². The van der Waals surface area contributed by atoms with E-state index >= 15 is 0 Å². The highest BCUT2D eigenvalue weighted by Crippen LogP contribution is 2.22. The van der Waals surface area contributed by atoms with Crippen molar-refractivity contribution in [2.24, 2.45) is 5.92 Å². The molecule has 106 valence electrons. The number of halogens is 1. The number of rotatable bonds is 6. The second-order valence-electron chi connectivity index (χ2n) is 5.27. The summed E-state index contributed by atoms with van der Waals surface area (Å²) >= 11 is 6.14. The number of carbonyl (C=O) groups is 1. The zero-order valence-corrected chi connectivity index (χ0v) is 12.8. The highest BCUT2D eigenvalue weighted by atomic mass is 35.5. The fourth-order valence-corrected chi connectivity index (χ4v) is 2.12. The van der Waals surface area contributed by atoms with Crippen LogP contribution < -0.4 is 10.6 Å². The smallest absolute Gasteiger partial charge is 0.236 e. The summed E-state index contributed by atoms with van der Waals surface area (Å²) in [6, 6.07) is 7.47. The van der Waals surface area contributed by atoms with E-state index in [1.54, 1.807) is 0 Å². The molecule has 0 aromatic heterocycles. The topological polar surface area (TPSA) is 41.1 Å². The third-order valence-electron chi connectivity index (χ3n) is 2.95. The van der Waals surface area contributed by atoms with Crippen LogP contribution in [0.5, 0.6) is 0 Å². The van der Waals surface area contributed by atoms with Crippen molar-refractivity contribution in [1.29, 1.82) is 0 Å². The standard InChI is InChI=1S/C15H23ClN2O/c1-10(2)9-17-15(19)12(4)18-11(3)13-7-5-6-8-14(13)16/h5-8,10-12,18H,9H2,1-4H3,(H,17,19). The van der Waals surface area contributed by atoms with Gasteiger partial charge in [-0.25, -0.2) is 0 Å². The van der Waals surface area contributed by atoms with E-state index in [0.29, 0.717) is 12.5 Å². The van der Waals surface area contributed by atoms with E-state index in [0.717, 1.165) is 10.6 Å². The summed E-state index contributed by atoms with van der Waals surface area (Å²) in [5, 5.41) is 6.90. The van der Waals surface area contributed by atoms with Crippen molar-refractivity contribution in [2.75, 3.05) is 6.54 Å². The number of hydrogen-bond acceptors (Lipinski definition) is 2. The molecule has 0 saturated carbocycles. The van der Waals surface area contributed by atoms with Crippen LogP contribution in [0, 0.1) is 5.92 Å². The molecule has 0 aliphatic heterocycles. The summed E-state index contributed by atoms with van der Waals surface area (Å²) in [7, 11) is 0. The quantitative estimate of drug-likeness (QED) is 0.841. The predicted molar refractivity (Wildman–Crippen MR) is 80.3 cm³/mol. The zero-order chi connectivity index (χ0) is 14.4. The normalized spacial score (nSPS) is 14.2. The Balaban J connectivity index is 2.54. The Morgan fingerprint density at radius 3 is 2.42 bits per heavy atom. The molecule has 3 nitrogen and oxygen atoms in total. The zero-order valence-electron chi connectivity index (χ0n) is 12.0. The second kappa shape index (κ2) is 7.51. The van der Waals surface area contributed by atoms with Gasteiger partial charge in [0.15, 0.2) is 0 Å². The van der Waals surface area contributed by atoms with Crippen LogP contribution in [0.4, 0.5) is 0 Å². The minimum Gasteiger partial charge on any atom is -0.354 e. The van der Waals surface area contributed by atoms with Crippen molar-refractivity contribution in [3.05, 3.63) is 34.9 Å². The van der Waals surface area contributed by atoms with Gasteiger partial charge in [-0.15, -0.1) is 0 Å². The van der Waals surface area contributed by atoms with E-state index < -0.39 is 0 Å². The largest absolute Gasteiger partial charge is 0.354 e. The Labute approximate surface area is 120 Å². The van der Waals surface area contributed by atoms with Gasteiger partial charge in [-0.2, -0.15) is 0 Å². The van der Waals surface area contributed by atoms with Crippen molar-refractivity contribution in [1.82, 2.24) is 10.6 Å². The molecule has 1 aromatic rings. The molecule has 0 aliphatic carbocycles. The van der Waals surface area contributed by atoms with Gasteiger partial charge in [0.05, 0.1) is 6.04 Å². The molecule has 2 unspecified atom stereocenters. The Morgan fingerprint density at radius 2 is 1.84 bits per heavy atom. The molecular weight excluding hydrogens is 260 g/mol. The minimum atomic E-state index is -0.245. The predicted octanol–water partition coefficient (Wildman–Crippen LogP) is 3.15. The van der Waals surface area contributed by atoms with Crippen LogP contribution in [-0.4, -0.2) is 18.5 Å². The Hall–Kier alpha value is -1.06. The lowest BCUT2D eigenvalue weighted by Gasteiger charge is -2.21. The van der Waals surface area contributed by atoms with E-state index in [1.807, 2.05) is 38.1 Å². The fourth-order valence-electron chi connectivity index (χ4n) is 1.82. The number of benzene rings is 1. The van der Waals surface area contributed by atoms with Crippen LogP contribution in [-0.2, 0) is 4.79 Å². The van der Waals surface area contributed by atoms with Crippen molar-refractivity contribution in [3.8, 4) is 0 Å². The molecule has 19 heavy (non-hydrogen) atoms. The average Bonchev–Trinajstić information content (AvgIpc) is 2.36. The van der Waals surface area contributed by atoms with Gasteiger partial charge in [0.25, 0.3) is 0 Å². The van der Waals surface area contributed by atoms with Crippen LogP contribution in [0.2, 0.25) is 5.02 Å². The number of hydrogen-bond donors (Lipinski definition) is 2. The molecule has 0 radical (unpaired) electrons. The lowest BCUT2D eigenvalue weighted by atomic mass is 10.1.